The number of nitrogen functional groups attached to an aromatic ring is 1. The highest BCUT2D eigenvalue weighted by Crippen LogP contribution is 2.25. The highest BCUT2D eigenvalue weighted by Gasteiger charge is 2.15. The lowest BCUT2D eigenvalue weighted by Gasteiger charge is -1.98. The maximum Gasteiger partial charge on any atom is 0.261 e. The predicted molar refractivity (Wildman–Crippen MR) is 75.0 cm³/mol. The fourth-order valence-electron chi connectivity index (χ4n) is 1.65. The fourth-order valence-corrected chi connectivity index (χ4v) is 1.89. The molecule has 7 heteroatoms. The van der Waals surface area contributed by atoms with Crippen LogP contribution in [0.25, 0.3) is 23.0 Å². The van der Waals surface area contributed by atoms with Gasteiger partial charge in [-0.1, -0.05) is 5.16 Å². The largest absolute Gasteiger partial charge is 0.399 e. The molecule has 100 valence electrons. The Morgan fingerprint density at radius 2 is 2.05 bits per heavy atom. The molecule has 0 radical (unpaired) electrons. The number of aromatic nitrogens is 3. The first-order valence-corrected chi connectivity index (χ1v) is 6.44. The molecule has 2 aromatic heterocycles. The Morgan fingerprint density at radius 1 is 1.20 bits per heavy atom. The Balaban J connectivity index is 2.01. The van der Waals surface area contributed by atoms with Crippen molar-refractivity contribution in [1.82, 2.24) is 15.1 Å². The number of hydrogen-bond donors (Lipinski definition) is 1. The molecule has 0 fully saturated rings. The minimum Gasteiger partial charge on any atom is -0.399 e. The van der Waals surface area contributed by atoms with E-state index in [1.807, 2.05) is 0 Å². The van der Waals surface area contributed by atoms with E-state index in [9.17, 15) is 4.39 Å². The second kappa shape index (κ2) is 5.01. The van der Waals surface area contributed by atoms with E-state index in [1.54, 1.807) is 18.3 Å². The monoisotopic (exact) mass is 334 g/mol. The molecule has 2 N–H and O–H groups in total. The average molecular weight is 335 g/mol. The van der Waals surface area contributed by atoms with Crippen LogP contribution >= 0.6 is 15.9 Å². The van der Waals surface area contributed by atoms with Gasteiger partial charge in [0.2, 0.25) is 5.82 Å². The molecule has 5 nitrogen and oxygen atoms in total. The third-order valence-corrected chi connectivity index (χ3v) is 3.07. The standard InChI is InChI=1S/C13H8BrFN4O/c14-7-1-4-11(17-6-7)12-18-13(20-19-12)9-5-8(16)2-3-10(9)15/h1-6H,16H2. The molecule has 0 saturated carbocycles. The molecular formula is C13H8BrFN4O. The SMILES string of the molecule is Nc1ccc(F)c(-c2nc(-c3ccc(Br)cn3)no2)c1. The zero-order valence-electron chi connectivity index (χ0n) is 10.0. The summed E-state index contributed by atoms with van der Waals surface area (Å²) in [6.45, 7) is 0. The molecule has 0 spiro atoms. The third kappa shape index (κ3) is 2.39. The molecule has 1 aromatic carbocycles. The van der Waals surface area contributed by atoms with Crippen molar-refractivity contribution in [2.24, 2.45) is 0 Å². The first-order valence-electron chi connectivity index (χ1n) is 5.64. The zero-order chi connectivity index (χ0) is 14.1. The van der Waals surface area contributed by atoms with E-state index in [0.29, 0.717) is 11.4 Å². The predicted octanol–water partition coefficient (Wildman–Crippen LogP) is 3.28. The second-order valence-electron chi connectivity index (χ2n) is 4.02. The molecule has 0 aliphatic rings. The van der Waals surface area contributed by atoms with E-state index >= 15 is 0 Å². The van der Waals surface area contributed by atoms with Gasteiger partial charge in [0.1, 0.15) is 11.5 Å². The van der Waals surface area contributed by atoms with Crippen molar-refractivity contribution in [3.63, 3.8) is 0 Å². The molecule has 0 saturated heterocycles. The summed E-state index contributed by atoms with van der Waals surface area (Å²) < 4.78 is 19.6. The van der Waals surface area contributed by atoms with E-state index in [-0.39, 0.29) is 17.3 Å². The Morgan fingerprint density at radius 3 is 2.80 bits per heavy atom. The van der Waals surface area contributed by atoms with Crippen LogP contribution in [0.15, 0.2) is 45.5 Å². The summed E-state index contributed by atoms with van der Waals surface area (Å²) in [5.41, 5.74) is 6.75. The highest BCUT2D eigenvalue weighted by molar-refractivity contribution is 9.10. The maximum absolute atomic E-state index is 13.7. The molecule has 0 aliphatic heterocycles. The van der Waals surface area contributed by atoms with E-state index in [2.05, 4.69) is 31.1 Å². The van der Waals surface area contributed by atoms with Crippen LogP contribution < -0.4 is 5.73 Å². The van der Waals surface area contributed by atoms with Crippen LogP contribution in [0.5, 0.6) is 0 Å². The van der Waals surface area contributed by atoms with Crippen molar-refractivity contribution in [2.75, 3.05) is 5.73 Å². The highest BCUT2D eigenvalue weighted by atomic mass is 79.9. The van der Waals surface area contributed by atoms with Gasteiger partial charge in [0, 0.05) is 16.4 Å². The minimum atomic E-state index is -0.474. The van der Waals surface area contributed by atoms with E-state index < -0.39 is 5.82 Å². The smallest absolute Gasteiger partial charge is 0.261 e. The van der Waals surface area contributed by atoms with Crippen LogP contribution in [0.4, 0.5) is 10.1 Å². The summed E-state index contributed by atoms with van der Waals surface area (Å²) in [7, 11) is 0. The summed E-state index contributed by atoms with van der Waals surface area (Å²) in [5.74, 6) is -0.123. The lowest BCUT2D eigenvalue weighted by atomic mass is 10.2. The maximum atomic E-state index is 13.7. The summed E-state index contributed by atoms with van der Waals surface area (Å²) >= 11 is 3.29. The number of benzene rings is 1. The average Bonchev–Trinajstić information content (AvgIpc) is 2.92. The van der Waals surface area contributed by atoms with Crippen LogP contribution in [0.1, 0.15) is 0 Å². The van der Waals surface area contributed by atoms with Crippen molar-refractivity contribution in [2.45, 2.75) is 0 Å². The number of nitrogens with two attached hydrogens (primary N) is 1. The summed E-state index contributed by atoms with van der Waals surface area (Å²) in [4.78, 5) is 8.28. The number of pyridine rings is 1. The van der Waals surface area contributed by atoms with Gasteiger partial charge in [0.05, 0.1) is 5.56 Å². The van der Waals surface area contributed by atoms with Crippen LogP contribution in [-0.2, 0) is 0 Å². The van der Waals surface area contributed by atoms with E-state index in [0.717, 1.165) is 4.47 Å². The van der Waals surface area contributed by atoms with Gasteiger partial charge in [0.25, 0.3) is 5.89 Å². The summed E-state index contributed by atoms with van der Waals surface area (Å²) in [6.07, 6.45) is 1.62. The Bertz CT molecular complexity index is 757. The van der Waals surface area contributed by atoms with E-state index in [4.69, 9.17) is 10.3 Å². The summed E-state index contributed by atoms with van der Waals surface area (Å²) in [5, 5.41) is 3.79. The molecule has 0 amide bonds. The molecule has 20 heavy (non-hydrogen) atoms. The van der Waals surface area contributed by atoms with Gasteiger partial charge in [-0.3, -0.25) is 4.98 Å². The number of nitrogens with zero attached hydrogens (tertiary/aromatic N) is 3. The van der Waals surface area contributed by atoms with Crippen molar-refractivity contribution < 1.29 is 8.91 Å². The van der Waals surface area contributed by atoms with Gasteiger partial charge in [-0.05, 0) is 46.3 Å². The molecule has 0 bridgehead atoms. The van der Waals surface area contributed by atoms with E-state index in [1.165, 1.54) is 18.2 Å². The van der Waals surface area contributed by atoms with Crippen molar-refractivity contribution in [3.05, 3.63) is 46.8 Å². The molecule has 0 atom stereocenters. The molecule has 3 rings (SSSR count). The molecule has 2 heterocycles. The number of hydrogen-bond acceptors (Lipinski definition) is 5. The second-order valence-corrected chi connectivity index (χ2v) is 4.94. The Labute approximate surface area is 121 Å². The molecule has 0 aliphatic carbocycles. The lowest BCUT2D eigenvalue weighted by molar-refractivity contribution is 0.429. The Hall–Kier alpha value is -2.28. The molecule has 0 unspecified atom stereocenters. The molecule has 3 aromatic rings. The topological polar surface area (TPSA) is 77.8 Å². The summed E-state index contributed by atoms with van der Waals surface area (Å²) in [6, 6.07) is 7.70. The zero-order valence-corrected chi connectivity index (χ0v) is 11.6. The lowest BCUT2D eigenvalue weighted by Crippen LogP contribution is -1.90. The van der Waals surface area contributed by atoms with Gasteiger partial charge < -0.3 is 10.3 Å². The number of halogens is 2. The van der Waals surface area contributed by atoms with Crippen molar-refractivity contribution in [1.29, 1.82) is 0 Å². The van der Waals surface area contributed by atoms with Gasteiger partial charge in [-0.2, -0.15) is 4.98 Å². The van der Waals surface area contributed by atoms with Crippen LogP contribution in [0.2, 0.25) is 0 Å². The van der Waals surface area contributed by atoms with Crippen LogP contribution in [-0.4, -0.2) is 15.1 Å². The van der Waals surface area contributed by atoms with Crippen LogP contribution in [0.3, 0.4) is 0 Å². The van der Waals surface area contributed by atoms with Crippen molar-refractivity contribution >= 4 is 21.6 Å². The Kier molecular flexibility index (Phi) is 3.19. The van der Waals surface area contributed by atoms with Gasteiger partial charge >= 0.3 is 0 Å². The molecular weight excluding hydrogens is 327 g/mol. The first-order chi connectivity index (χ1) is 9.63. The van der Waals surface area contributed by atoms with Gasteiger partial charge in [0.15, 0.2) is 0 Å². The van der Waals surface area contributed by atoms with Crippen molar-refractivity contribution in [3.8, 4) is 23.0 Å². The fraction of sp³-hybridized carbons (Fsp3) is 0. The van der Waals surface area contributed by atoms with Crippen LogP contribution in [0, 0.1) is 5.82 Å². The normalized spacial score (nSPS) is 10.7. The minimum absolute atomic E-state index is 0.0644. The third-order valence-electron chi connectivity index (χ3n) is 2.60. The number of anilines is 1. The number of rotatable bonds is 2. The quantitative estimate of drug-likeness (QED) is 0.727. The van der Waals surface area contributed by atoms with Gasteiger partial charge in [-0.25, -0.2) is 4.39 Å². The first kappa shape index (κ1) is 12.7. The van der Waals surface area contributed by atoms with Gasteiger partial charge in [-0.15, -0.1) is 0 Å².